The van der Waals surface area contributed by atoms with Gasteiger partial charge in [-0.3, -0.25) is 9.71 Å². The quantitative estimate of drug-likeness (QED) is 0.882. The van der Waals surface area contributed by atoms with Crippen LogP contribution in [0.2, 0.25) is 0 Å². The van der Waals surface area contributed by atoms with Crippen LogP contribution < -0.4 is 10.0 Å². The molecule has 1 fully saturated rings. The zero-order valence-electron chi connectivity index (χ0n) is 9.19. The Morgan fingerprint density at radius 2 is 2.35 bits per heavy atom. The number of nitrogens with one attached hydrogen (secondary N) is 2. The molecule has 1 aromatic rings. The van der Waals surface area contributed by atoms with Crippen LogP contribution in [0.3, 0.4) is 0 Å². The van der Waals surface area contributed by atoms with Gasteiger partial charge in [0.25, 0.3) is 0 Å². The van der Waals surface area contributed by atoms with Gasteiger partial charge in [0.1, 0.15) is 0 Å². The first-order valence-electron chi connectivity index (χ1n) is 5.41. The van der Waals surface area contributed by atoms with Gasteiger partial charge >= 0.3 is 0 Å². The zero-order valence-corrected chi connectivity index (χ0v) is 11.6. The summed E-state index contributed by atoms with van der Waals surface area (Å²) >= 11 is 3.27. The Morgan fingerprint density at radius 1 is 1.53 bits per heavy atom. The van der Waals surface area contributed by atoms with Gasteiger partial charge in [-0.2, -0.15) is 0 Å². The molecule has 0 saturated carbocycles. The Labute approximate surface area is 109 Å². The van der Waals surface area contributed by atoms with Crippen molar-refractivity contribution in [1.82, 2.24) is 10.3 Å². The van der Waals surface area contributed by atoms with Crippen molar-refractivity contribution in [2.75, 3.05) is 17.8 Å². The van der Waals surface area contributed by atoms with Gasteiger partial charge < -0.3 is 5.32 Å². The standard InChI is InChI=1S/C10H14BrN3O2S/c11-9-7-13-5-3-10(9)14-17(15,16)8-2-1-4-12-6-8/h3,5,7-8,12H,1-2,4,6H2,(H,13,14). The normalized spacial score (nSPS) is 21.1. The molecule has 0 aromatic carbocycles. The van der Waals surface area contributed by atoms with Gasteiger partial charge in [0, 0.05) is 18.9 Å². The molecule has 1 aliphatic rings. The van der Waals surface area contributed by atoms with E-state index in [2.05, 4.69) is 31.0 Å². The van der Waals surface area contributed by atoms with Crippen LogP contribution in [0.15, 0.2) is 22.9 Å². The molecule has 94 valence electrons. The zero-order chi connectivity index (χ0) is 12.3. The van der Waals surface area contributed by atoms with Crippen molar-refractivity contribution in [3.63, 3.8) is 0 Å². The van der Waals surface area contributed by atoms with Crippen LogP contribution in [0, 0.1) is 0 Å². The van der Waals surface area contributed by atoms with Crippen molar-refractivity contribution in [1.29, 1.82) is 0 Å². The molecule has 1 unspecified atom stereocenters. The Kier molecular flexibility index (Phi) is 4.01. The molecule has 7 heteroatoms. The fourth-order valence-electron chi connectivity index (χ4n) is 1.78. The molecule has 17 heavy (non-hydrogen) atoms. The summed E-state index contributed by atoms with van der Waals surface area (Å²) in [5.41, 5.74) is 0.533. The summed E-state index contributed by atoms with van der Waals surface area (Å²) in [5.74, 6) is 0. The Bertz CT molecular complexity index is 486. The van der Waals surface area contributed by atoms with Crippen LogP contribution in [-0.4, -0.2) is 31.7 Å². The molecule has 5 nitrogen and oxygen atoms in total. The molecule has 0 spiro atoms. The topological polar surface area (TPSA) is 71.1 Å². The van der Waals surface area contributed by atoms with E-state index in [4.69, 9.17) is 0 Å². The van der Waals surface area contributed by atoms with Crippen molar-refractivity contribution in [2.24, 2.45) is 0 Å². The van der Waals surface area contributed by atoms with Crippen LogP contribution in [0.5, 0.6) is 0 Å². The van der Waals surface area contributed by atoms with Gasteiger partial charge in [0.05, 0.1) is 15.4 Å². The molecular weight excluding hydrogens is 306 g/mol. The molecule has 1 saturated heterocycles. The van der Waals surface area contributed by atoms with Crippen LogP contribution >= 0.6 is 15.9 Å². The first-order valence-corrected chi connectivity index (χ1v) is 7.75. The molecule has 0 bridgehead atoms. The predicted molar refractivity (Wildman–Crippen MR) is 70.4 cm³/mol. The number of hydrogen-bond acceptors (Lipinski definition) is 4. The van der Waals surface area contributed by atoms with Gasteiger partial charge in [-0.15, -0.1) is 0 Å². The average molecular weight is 320 g/mol. The smallest absolute Gasteiger partial charge is 0.236 e. The molecule has 0 aliphatic carbocycles. The molecule has 0 amide bonds. The molecule has 1 atom stereocenters. The van der Waals surface area contributed by atoms with E-state index < -0.39 is 10.0 Å². The first-order chi connectivity index (χ1) is 8.09. The summed E-state index contributed by atoms with van der Waals surface area (Å²) in [6, 6.07) is 1.64. The lowest BCUT2D eigenvalue weighted by atomic mass is 10.2. The van der Waals surface area contributed by atoms with Gasteiger partial charge in [-0.05, 0) is 41.4 Å². The lowest BCUT2D eigenvalue weighted by Crippen LogP contribution is -2.41. The van der Waals surface area contributed by atoms with Crippen molar-refractivity contribution in [2.45, 2.75) is 18.1 Å². The molecule has 2 N–H and O–H groups in total. The second-order valence-corrected chi connectivity index (χ2v) is 6.79. The highest BCUT2D eigenvalue weighted by Crippen LogP contribution is 2.23. The maximum atomic E-state index is 12.1. The number of nitrogens with zero attached hydrogens (tertiary/aromatic N) is 1. The summed E-state index contributed by atoms with van der Waals surface area (Å²) in [6.45, 7) is 1.41. The van der Waals surface area contributed by atoms with Crippen molar-refractivity contribution in [3.8, 4) is 0 Å². The highest BCUT2D eigenvalue weighted by molar-refractivity contribution is 9.10. The van der Waals surface area contributed by atoms with E-state index in [1.54, 1.807) is 18.5 Å². The van der Waals surface area contributed by atoms with Gasteiger partial charge in [-0.1, -0.05) is 0 Å². The Morgan fingerprint density at radius 3 is 3.00 bits per heavy atom. The van der Waals surface area contributed by atoms with E-state index in [0.717, 1.165) is 13.0 Å². The predicted octanol–water partition coefficient (Wildman–Crippen LogP) is 1.34. The molecular formula is C10H14BrN3O2S. The minimum atomic E-state index is -3.33. The van der Waals surface area contributed by atoms with E-state index in [9.17, 15) is 8.42 Å². The van der Waals surface area contributed by atoms with E-state index in [1.807, 2.05) is 0 Å². The summed E-state index contributed by atoms with van der Waals surface area (Å²) in [7, 11) is -3.33. The van der Waals surface area contributed by atoms with Crippen molar-refractivity contribution in [3.05, 3.63) is 22.9 Å². The van der Waals surface area contributed by atoms with Crippen LogP contribution in [0.25, 0.3) is 0 Å². The highest BCUT2D eigenvalue weighted by Gasteiger charge is 2.27. The number of piperidine rings is 1. The van der Waals surface area contributed by atoms with E-state index in [0.29, 0.717) is 23.1 Å². The minimum absolute atomic E-state index is 0.365. The molecule has 1 aromatic heterocycles. The lowest BCUT2D eigenvalue weighted by Gasteiger charge is -2.23. The Balaban J connectivity index is 2.14. The van der Waals surface area contributed by atoms with E-state index in [-0.39, 0.29) is 5.25 Å². The first kappa shape index (κ1) is 12.8. The lowest BCUT2D eigenvalue weighted by molar-refractivity contribution is 0.499. The monoisotopic (exact) mass is 319 g/mol. The van der Waals surface area contributed by atoms with Crippen molar-refractivity contribution < 1.29 is 8.42 Å². The van der Waals surface area contributed by atoms with Crippen LogP contribution in [0.4, 0.5) is 5.69 Å². The van der Waals surface area contributed by atoms with E-state index in [1.165, 1.54) is 0 Å². The number of anilines is 1. The number of hydrogen-bond donors (Lipinski definition) is 2. The average Bonchev–Trinajstić information content (AvgIpc) is 2.33. The fraction of sp³-hybridized carbons (Fsp3) is 0.500. The third-order valence-electron chi connectivity index (χ3n) is 2.72. The molecule has 2 heterocycles. The van der Waals surface area contributed by atoms with E-state index >= 15 is 0 Å². The second-order valence-electron chi connectivity index (χ2n) is 3.97. The maximum absolute atomic E-state index is 12.1. The number of rotatable bonds is 3. The number of aromatic nitrogens is 1. The highest BCUT2D eigenvalue weighted by atomic mass is 79.9. The van der Waals surface area contributed by atoms with Gasteiger partial charge in [0.2, 0.25) is 10.0 Å². The summed E-state index contributed by atoms with van der Waals surface area (Å²) in [6.07, 6.45) is 4.72. The van der Waals surface area contributed by atoms with Crippen LogP contribution in [0.1, 0.15) is 12.8 Å². The molecule has 2 rings (SSSR count). The number of pyridine rings is 1. The third kappa shape index (κ3) is 3.17. The Hall–Kier alpha value is -0.660. The fourth-order valence-corrected chi connectivity index (χ4v) is 3.73. The summed E-state index contributed by atoms with van der Waals surface area (Å²) < 4.78 is 27.5. The van der Waals surface area contributed by atoms with Gasteiger partial charge in [0.15, 0.2) is 0 Å². The van der Waals surface area contributed by atoms with Gasteiger partial charge in [-0.25, -0.2) is 8.42 Å². The van der Waals surface area contributed by atoms with Crippen LogP contribution in [-0.2, 0) is 10.0 Å². The maximum Gasteiger partial charge on any atom is 0.236 e. The number of sulfonamides is 1. The number of halogens is 1. The largest absolute Gasteiger partial charge is 0.315 e. The van der Waals surface area contributed by atoms with Crippen molar-refractivity contribution >= 4 is 31.6 Å². The molecule has 0 radical (unpaired) electrons. The SMILES string of the molecule is O=S(=O)(Nc1ccncc1Br)C1CCCNC1. The molecule has 1 aliphatic heterocycles. The summed E-state index contributed by atoms with van der Waals surface area (Å²) in [4.78, 5) is 3.89. The summed E-state index contributed by atoms with van der Waals surface area (Å²) in [5, 5.41) is 2.73. The third-order valence-corrected chi connectivity index (χ3v) is 5.13. The minimum Gasteiger partial charge on any atom is -0.315 e. The second kappa shape index (κ2) is 5.32.